The van der Waals surface area contributed by atoms with Gasteiger partial charge in [0.1, 0.15) is 5.75 Å². The summed E-state index contributed by atoms with van der Waals surface area (Å²) in [6.07, 6.45) is 0.584. The smallest absolute Gasteiger partial charge is 0.261 e. The number of methoxy groups -OCH3 is 1. The van der Waals surface area contributed by atoms with E-state index in [1.54, 1.807) is 31.4 Å². The van der Waals surface area contributed by atoms with Crippen molar-refractivity contribution in [3.63, 3.8) is 0 Å². The number of ether oxygens (including phenoxy) is 3. The molecule has 3 aromatic rings. The molecule has 2 N–H and O–H groups in total. The number of hydrogen-bond acceptors (Lipinski definition) is 6. The van der Waals surface area contributed by atoms with Gasteiger partial charge >= 0.3 is 0 Å². The van der Waals surface area contributed by atoms with Gasteiger partial charge in [-0.2, -0.15) is 0 Å². The van der Waals surface area contributed by atoms with Crippen molar-refractivity contribution in [2.75, 3.05) is 25.2 Å². The number of anilines is 1. The number of hydrogen-bond donors (Lipinski definition) is 2. The minimum atomic E-state index is -3.91. The van der Waals surface area contributed by atoms with Crippen LogP contribution in [0.1, 0.15) is 21.5 Å². The van der Waals surface area contributed by atoms with Crippen molar-refractivity contribution in [3.05, 3.63) is 77.4 Å². The lowest BCUT2D eigenvalue weighted by molar-refractivity contribution is 0.0954. The van der Waals surface area contributed by atoms with Gasteiger partial charge in [0.15, 0.2) is 11.5 Å². The molecule has 0 unspecified atom stereocenters. The molecule has 0 saturated heterocycles. The van der Waals surface area contributed by atoms with E-state index in [4.69, 9.17) is 14.2 Å². The normalized spacial score (nSPS) is 12.3. The molecule has 33 heavy (non-hydrogen) atoms. The van der Waals surface area contributed by atoms with Crippen molar-refractivity contribution >= 4 is 21.6 Å². The SMILES string of the molecule is COc1ccc(C)cc1CCNC(=O)c1cccc(S(=O)(=O)Nc2ccc3c(c2)OCO3)c1. The van der Waals surface area contributed by atoms with E-state index in [0.717, 1.165) is 16.9 Å². The van der Waals surface area contributed by atoms with Gasteiger partial charge in [-0.05, 0) is 55.3 Å². The van der Waals surface area contributed by atoms with E-state index in [1.807, 2.05) is 25.1 Å². The van der Waals surface area contributed by atoms with Gasteiger partial charge in [-0.1, -0.05) is 23.8 Å². The Hall–Kier alpha value is -3.72. The third kappa shape index (κ3) is 5.20. The van der Waals surface area contributed by atoms with Gasteiger partial charge in [0.2, 0.25) is 6.79 Å². The maximum Gasteiger partial charge on any atom is 0.261 e. The van der Waals surface area contributed by atoms with Crippen molar-refractivity contribution in [3.8, 4) is 17.2 Å². The van der Waals surface area contributed by atoms with Crippen LogP contribution in [0.4, 0.5) is 5.69 Å². The Morgan fingerprint density at radius 2 is 1.85 bits per heavy atom. The highest BCUT2D eigenvalue weighted by Gasteiger charge is 2.19. The van der Waals surface area contributed by atoms with Crippen LogP contribution in [0.3, 0.4) is 0 Å². The molecule has 9 heteroatoms. The fraction of sp³-hybridized carbons (Fsp3) is 0.208. The van der Waals surface area contributed by atoms with Crippen molar-refractivity contribution in [2.24, 2.45) is 0 Å². The zero-order valence-electron chi connectivity index (χ0n) is 18.3. The van der Waals surface area contributed by atoms with Crippen LogP contribution in [-0.2, 0) is 16.4 Å². The number of carbonyl (C=O) groups is 1. The van der Waals surface area contributed by atoms with Gasteiger partial charge in [0.25, 0.3) is 15.9 Å². The van der Waals surface area contributed by atoms with Crippen LogP contribution in [-0.4, -0.2) is 34.8 Å². The molecule has 0 atom stereocenters. The largest absolute Gasteiger partial charge is 0.496 e. The third-order valence-corrected chi connectivity index (χ3v) is 6.53. The Morgan fingerprint density at radius 1 is 1.03 bits per heavy atom. The molecule has 0 aromatic heterocycles. The standard InChI is InChI=1S/C24H24N2O6S/c1-16-6-8-21(30-2)17(12-16)10-11-25-24(27)18-4-3-5-20(13-18)33(28,29)26-19-7-9-22-23(14-19)32-15-31-22/h3-9,12-14,26H,10-11,15H2,1-2H3,(H,25,27). The third-order valence-electron chi connectivity index (χ3n) is 5.15. The Labute approximate surface area is 192 Å². The summed E-state index contributed by atoms with van der Waals surface area (Å²) in [5.41, 5.74) is 2.67. The summed E-state index contributed by atoms with van der Waals surface area (Å²) in [5.74, 6) is 1.42. The molecule has 4 rings (SSSR count). The summed E-state index contributed by atoms with van der Waals surface area (Å²) in [6.45, 7) is 2.47. The second-order valence-corrected chi connectivity index (χ2v) is 9.20. The Balaban J connectivity index is 1.42. The van der Waals surface area contributed by atoms with Crippen LogP contribution in [0.2, 0.25) is 0 Å². The van der Waals surface area contributed by atoms with E-state index in [1.165, 1.54) is 18.2 Å². The van der Waals surface area contributed by atoms with Gasteiger partial charge in [-0.3, -0.25) is 9.52 Å². The van der Waals surface area contributed by atoms with Crippen LogP contribution in [0.15, 0.2) is 65.6 Å². The molecule has 1 aliphatic heterocycles. The second-order valence-electron chi connectivity index (χ2n) is 7.52. The van der Waals surface area contributed by atoms with Crippen LogP contribution in [0, 0.1) is 6.92 Å². The van der Waals surface area contributed by atoms with E-state index in [0.29, 0.717) is 30.2 Å². The first-order valence-corrected chi connectivity index (χ1v) is 11.8. The lowest BCUT2D eigenvalue weighted by Crippen LogP contribution is -2.26. The first kappa shape index (κ1) is 22.5. The molecule has 0 fully saturated rings. The van der Waals surface area contributed by atoms with Crippen molar-refractivity contribution in [2.45, 2.75) is 18.2 Å². The molecule has 0 saturated carbocycles. The molecule has 0 radical (unpaired) electrons. The fourth-order valence-corrected chi connectivity index (χ4v) is 4.59. The molecule has 8 nitrogen and oxygen atoms in total. The first-order valence-electron chi connectivity index (χ1n) is 10.3. The maximum absolute atomic E-state index is 12.8. The highest BCUT2D eigenvalue weighted by molar-refractivity contribution is 7.92. The summed E-state index contributed by atoms with van der Waals surface area (Å²) in [4.78, 5) is 12.6. The summed E-state index contributed by atoms with van der Waals surface area (Å²) in [5, 5.41) is 2.83. The minimum Gasteiger partial charge on any atom is -0.496 e. The Kier molecular flexibility index (Phi) is 6.41. The molecular formula is C24H24N2O6S. The molecule has 0 spiro atoms. The second kappa shape index (κ2) is 9.41. The zero-order chi connectivity index (χ0) is 23.4. The summed E-state index contributed by atoms with van der Waals surface area (Å²) < 4.78 is 44.1. The van der Waals surface area contributed by atoms with Crippen LogP contribution < -0.4 is 24.2 Å². The van der Waals surface area contributed by atoms with E-state index in [2.05, 4.69) is 10.0 Å². The van der Waals surface area contributed by atoms with Gasteiger partial charge in [-0.25, -0.2) is 8.42 Å². The average molecular weight is 469 g/mol. The van der Waals surface area contributed by atoms with Gasteiger partial charge < -0.3 is 19.5 Å². The molecule has 1 aliphatic rings. The van der Waals surface area contributed by atoms with Crippen LogP contribution in [0.5, 0.6) is 17.2 Å². The lowest BCUT2D eigenvalue weighted by atomic mass is 10.1. The number of amides is 1. The number of fused-ring (bicyclic) bond motifs is 1. The van der Waals surface area contributed by atoms with E-state index in [9.17, 15) is 13.2 Å². The van der Waals surface area contributed by atoms with E-state index >= 15 is 0 Å². The van der Waals surface area contributed by atoms with E-state index in [-0.39, 0.29) is 23.2 Å². The monoisotopic (exact) mass is 468 g/mol. The van der Waals surface area contributed by atoms with Crippen LogP contribution >= 0.6 is 0 Å². The molecule has 0 aliphatic carbocycles. The average Bonchev–Trinajstić information content (AvgIpc) is 3.27. The number of carbonyl (C=O) groups excluding carboxylic acids is 1. The molecule has 3 aromatic carbocycles. The van der Waals surface area contributed by atoms with Gasteiger partial charge in [0, 0.05) is 18.2 Å². The summed E-state index contributed by atoms with van der Waals surface area (Å²) in [7, 11) is -2.30. The molecule has 172 valence electrons. The number of sulfonamides is 1. The predicted octanol–water partition coefficient (Wildman–Crippen LogP) is 3.51. The zero-order valence-corrected chi connectivity index (χ0v) is 19.1. The van der Waals surface area contributed by atoms with Crippen molar-refractivity contribution in [1.29, 1.82) is 0 Å². The van der Waals surface area contributed by atoms with Crippen LogP contribution in [0.25, 0.3) is 0 Å². The van der Waals surface area contributed by atoms with Crippen molar-refractivity contribution < 1.29 is 27.4 Å². The Morgan fingerprint density at radius 3 is 2.67 bits per heavy atom. The molecule has 1 amide bonds. The molecule has 0 bridgehead atoms. The topological polar surface area (TPSA) is 103 Å². The lowest BCUT2D eigenvalue weighted by Gasteiger charge is -2.12. The molecule has 1 heterocycles. The van der Waals surface area contributed by atoms with Crippen molar-refractivity contribution in [1.82, 2.24) is 5.32 Å². The predicted molar refractivity (Wildman–Crippen MR) is 124 cm³/mol. The Bertz CT molecular complexity index is 1290. The number of nitrogens with one attached hydrogen (secondary N) is 2. The maximum atomic E-state index is 12.8. The fourth-order valence-electron chi connectivity index (χ4n) is 3.49. The van der Waals surface area contributed by atoms with Gasteiger partial charge in [0.05, 0.1) is 17.7 Å². The number of aryl methyl sites for hydroxylation is 1. The number of benzene rings is 3. The quantitative estimate of drug-likeness (QED) is 0.525. The summed E-state index contributed by atoms with van der Waals surface area (Å²) >= 11 is 0. The first-order chi connectivity index (χ1) is 15.9. The van der Waals surface area contributed by atoms with Gasteiger partial charge in [-0.15, -0.1) is 0 Å². The highest BCUT2D eigenvalue weighted by Crippen LogP contribution is 2.34. The van der Waals surface area contributed by atoms with E-state index < -0.39 is 10.0 Å². The highest BCUT2D eigenvalue weighted by atomic mass is 32.2. The molecular weight excluding hydrogens is 444 g/mol. The minimum absolute atomic E-state index is 0.0202. The number of rotatable bonds is 8. The summed E-state index contributed by atoms with van der Waals surface area (Å²) in [6, 6.07) is 16.5.